The molecule has 1 unspecified atom stereocenters. The summed E-state index contributed by atoms with van der Waals surface area (Å²) in [6.07, 6.45) is 5.97. The zero-order chi connectivity index (χ0) is 18.5. The van der Waals surface area contributed by atoms with Crippen molar-refractivity contribution >= 4 is 5.91 Å². The number of fused-ring (bicyclic) bond motifs is 1. The van der Waals surface area contributed by atoms with Crippen molar-refractivity contribution in [3.05, 3.63) is 59.9 Å². The molecule has 1 amide bonds. The van der Waals surface area contributed by atoms with E-state index in [1.54, 1.807) is 6.20 Å². The van der Waals surface area contributed by atoms with Crippen LogP contribution in [0.1, 0.15) is 42.9 Å². The molecule has 2 aliphatic rings. The molecule has 2 N–H and O–H groups in total. The Labute approximate surface area is 160 Å². The first kappa shape index (κ1) is 18.0. The van der Waals surface area contributed by atoms with Crippen molar-refractivity contribution < 1.29 is 9.53 Å². The average molecular weight is 365 g/mol. The zero-order valence-corrected chi connectivity index (χ0v) is 15.6. The molecule has 27 heavy (non-hydrogen) atoms. The number of amides is 1. The Morgan fingerprint density at radius 2 is 2.00 bits per heavy atom. The molecule has 5 heteroatoms. The summed E-state index contributed by atoms with van der Waals surface area (Å²) >= 11 is 0. The van der Waals surface area contributed by atoms with E-state index in [0.717, 1.165) is 50.2 Å². The Morgan fingerprint density at radius 3 is 2.81 bits per heavy atom. The first-order valence-electron chi connectivity index (χ1n) is 9.89. The summed E-state index contributed by atoms with van der Waals surface area (Å²) in [7, 11) is 0. The van der Waals surface area contributed by atoms with Crippen molar-refractivity contribution in [3.8, 4) is 5.75 Å². The summed E-state index contributed by atoms with van der Waals surface area (Å²) in [6, 6.07) is 14.1. The fourth-order valence-corrected chi connectivity index (χ4v) is 4.29. The van der Waals surface area contributed by atoms with E-state index >= 15 is 0 Å². The van der Waals surface area contributed by atoms with Gasteiger partial charge in [-0.25, -0.2) is 0 Å². The molecular formula is C22H27N3O2. The van der Waals surface area contributed by atoms with Crippen LogP contribution in [-0.2, 0) is 11.2 Å². The van der Waals surface area contributed by atoms with Gasteiger partial charge in [-0.15, -0.1) is 0 Å². The normalized spacial score (nSPS) is 20.5. The summed E-state index contributed by atoms with van der Waals surface area (Å²) in [5, 5.41) is 6.48. The highest BCUT2D eigenvalue weighted by Crippen LogP contribution is 2.45. The first-order chi connectivity index (χ1) is 13.2. The van der Waals surface area contributed by atoms with E-state index in [1.165, 1.54) is 5.56 Å². The third-order valence-electron chi connectivity index (χ3n) is 5.68. The van der Waals surface area contributed by atoms with Crippen LogP contribution >= 0.6 is 0 Å². The van der Waals surface area contributed by atoms with E-state index in [-0.39, 0.29) is 17.4 Å². The van der Waals surface area contributed by atoms with Crippen molar-refractivity contribution in [2.45, 2.75) is 43.6 Å². The molecular weight excluding hydrogens is 338 g/mol. The Bertz CT molecular complexity index is 772. The molecule has 1 spiro atoms. The van der Waals surface area contributed by atoms with Gasteiger partial charge < -0.3 is 15.4 Å². The molecule has 0 bridgehead atoms. The van der Waals surface area contributed by atoms with Gasteiger partial charge in [0.15, 0.2) is 0 Å². The van der Waals surface area contributed by atoms with Gasteiger partial charge in [-0.2, -0.15) is 0 Å². The molecule has 2 aromatic rings. The van der Waals surface area contributed by atoms with Crippen molar-refractivity contribution in [1.29, 1.82) is 0 Å². The van der Waals surface area contributed by atoms with Gasteiger partial charge in [-0.3, -0.25) is 9.78 Å². The Kier molecular flexibility index (Phi) is 5.39. The van der Waals surface area contributed by atoms with Crippen LogP contribution in [0.5, 0.6) is 5.75 Å². The predicted octanol–water partition coefficient (Wildman–Crippen LogP) is 2.82. The lowest BCUT2D eigenvalue weighted by molar-refractivity contribution is -0.122. The topological polar surface area (TPSA) is 63.2 Å². The minimum Gasteiger partial charge on any atom is -0.487 e. The van der Waals surface area contributed by atoms with Gasteiger partial charge in [0.25, 0.3) is 0 Å². The molecule has 1 aromatic heterocycles. The maximum atomic E-state index is 12.6. The van der Waals surface area contributed by atoms with Crippen LogP contribution in [0.4, 0.5) is 0 Å². The second-order valence-electron chi connectivity index (χ2n) is 7.60. The summed E-state index contributed by atoms with van der Waals surface area (Å²) in [4.78, 5) is 16.9. The Morgan fingerprint density at radius 1 is 1.19 bits per heavy atom. The van der Waals surface area contributed by atoms with Crippen LogP contribution in [-0.4, -0.2) is 36.1 Å². The van der Waals surface area contributed by atoms with Crippen LogP contribution in [0.3, 0.4) is 0 Å². The zero-order valence-electron chi connectivity index (χ0n) is 15.6. The number of aromatic nitrogens is 1. The molecule has 0 radical (unpaired) electrons. The smallest absolute Gasteiger partial charge is 0.220 e. The summed E-state index contributed by atoms with van der Waals surface area (Å²) < 4.78 is 6.43. The lowest BCUT2D eigenvalue weighted by atomic mass is 9.76. The number of para-hydroxylation sites is 1. The van der Waals surface area contributed by atoms with Crippen LogP contribution in [0, 0.1) is 0 Å². The minimum absolute atomic E-state index is 0.108. The molecule has 0 saturated carbocycles. The number of rotatable bonds is 5. The quantitative estimate of drug-likeness (QED) is 0.855. The van der Waals surface area contributed by atoms with E-state index < -0.39 is 0 Å². The van der Waals surface area contributed by atoms with Crippen molar-refractivity contribution in [2.75, 3.05) is 19.6 Å². The minimum atomic E-state index is -0.126. The fourth-order valence-electron chi connectivity index (χ4n) is 4.29. The van der Waals surface area contributed by atoms with Gasteiger partial charge in [0, 0.05) is 37.2 Å². The number of nitrogens with zero attached hydrogens (tertiary/aromatic N) is 1. The van der Waals surface area contributed by atoms with Gasteiger partial charge >= 0.3 is 0 Å². The molecule has 0 aliphatic carbocycles. The number of hydrogen-bond donors (Lipinski definition) is 2. The molecule has 2 aliphatic heterocycles. The van der Waals surface area contributed by atoms with Crippen LogP contribution in [0.25, 0.3) is 0 Å². The first-order valence-corrected chi connectivity index (χ1v) is 9.89. The van der Waals surface area contributed by atoms with Gasteiger partial charge in [0.1, 0.15) is 11.4 Å². The second-order valence-corrected chi connectivity index (χ2v) is 7.60. The summed E-state index contributed by atoms with van der Waals surface area (Å²) in [5.41, 5.74) is 2.04. The third kappa shape index (κ3) is 4.30. The fraction of sp³-hybridized carbons (Fsp3) is 0.455. The Hall–Kier alpha value is -2.40. The molecule has 1 fully saturated rings. The van der Waals surface area contributed by atoms with Crippen LogP contribution in [0.15, 0.2) is 48.7 Å². The highest BCUT2D eigenvalue weighted by molar-refractivity contribution is 5.77. The number of carbonyl (C=O) groups excluding carboxylic acids is 1. The lowest BCUT2D eigenvalue weighted by Crippen LogP contribution is -2.49. The largest absolute Gasteiger partial charge is 0.487 e. The van der Waals surface area contributed by atoms with Gasteiger partial charge in [-0.05, 0) is 56.1 Å². The van der Waals surface area contributed by atoms with Crippen molar-refractivity contribution in [3.63, 3.8) is 0 Å². The molecule has 1 saturated heterocycles. The van der Waals surface area contributed by atoms with Crippen LogP contribution in [0.2, 0.25) is 0 Å². The van der Waals surface area contributed by atoms with Crippen molar-refractivity contribution in [2.24, 2.45) is 0 Å². The molecule has 3 heterocycles. The maximum absolute atomic E-state index is 12.6. The highest BCUT2D eigenvalue weighted by atomic mass is 16.5. The van der Waals surface area contributed by atoms with Gasteiger partial charge in [0.05, 0.1) is 0 Å². The highest BCUT2D eigenvalue weighted by Gasteiger charge is 2.42. The third-order valence-corrected chi connectivity index (χ3v) is 5.68. The molecule has 5 nitrogen and oxygen atoms in total. The number of nitrogens with one attached hydrogen (secondary N) is 2. The number of hydrogen-bond acceptors (Lipinski definition) is 4. The maximum Gasteiger partial charge on any atom is 0.220 e. The molecule has 142 valence electrons. The van der Waals surface area contributed by atoms with E-state index in [0.29, 0.717) is 13.0 Å². The Balaban J connectivity index is 1.40. The number of piperidine rings is 1. The summed E-state index contributed by atoms with van der Waals surface area (Å²) in [6.45, 7) is 2.58. The summed E-state index contributed by atoms with van der Waals surface area (Å²) in [5.74, 6) is 1.27. The monoisotopic (exact) mass is 365 g/mol. The van der Waals surface area contributed by atoms with E-state index in [2.05, 4.69) is 21.7 Å². The van der Waals surface area contributed by atoms with E-state index in [1.807, 2.05) is 36.4 Å². The van der Waals surface area contributed by atoms with Gasteiger partial charge in [0.2, 0.25) is 5.91 Å². The van der Waals surface area contributed by atoms with Crippen molar-refractivity contribution in [1.82, 2.24) is 15.6 Å². The predicted molar refractivity (Wildman–Crippen MR) is 105 cm³/mol. The number of carbonyl (C=O) groups is 1. The van der Waals surface area contributed by atoms with E-state index in [9.17, 15) is 4.79 Å². The number of benzene rings is 1. The number of ether oxygens (including phenoxy) is 1. The van der Waals surface area contributed by atoms with Gasteiger partial charge in [-0.1, -0.05) is 24.3 Å². The lowest BCUT2D eigenvalue weighted by Gasteiger charge is -2.44. The molecule has 4 rings (SSSR count). The number of pyridine rings is 1. The standard InChI is InChI=1S/C22H27N3O2/c26-21(25-12-8-18-5-3-4-11-24-18)15-17-16-22(9-13-23-14-10-22)27-20-7-2-1-6-19(17)20/h1-7,11,17,23H,8-10,12-16H2,(H,25,26). The molecule has 1 aromatic carbocycles. The molecule has 1 atom stereocenters. The van der Waals surface area contributed by atoms with E-state index in [4.69, 9.17) is 4.74 Å². The SMILES string of the molecule is O=C(CC1CC2(CCNCC2)Oc2ccccc21)NCCc1ccccn1. The van der Waals surface area contributed by atoms with Crippen LogP contribution < -0.4 is 15.4 Å². The average Bonchev–Trinajstić information content (AvgIpc) is 2.69. The second kappa shape index (κ2) is 8.09.